The molecule has 264 valence electrons. The summed E-state index contributed by atoms with van der Waals surface area (Å²) in [5.74, 6) is -0.361. The first-order chi connectivity index (χ1) is 20.8. The molecule has 0 aromatic rings. The number of unbranched alkanes of at least 4 members (excludes halogenated alkanes) is 1. The van der Waals surface area contributed by atoms with Gasteiger partial charge in [-0.25, -0.2) is 18.5 Å². The van der Waals surface area contributed by atoms with Crippen molar-refractivity contribution in [3.8, 4) is 0 Å². The van der Waals surface area contributed by atoms with Gasteiger partial charge in [-0.1, -0.05) is 19.3 Å². The van der Waals surface area contributed by atoms with Crippen LogP contribution in [0.4, 0.5) is 4.79 Å². The van der Waals surface area contributed by atoms with Gasteiger partial charge in [-0.05, 0) is 58.8 Å². The van der Waals surface area contributed by atoms with Crippen molar-refractivity contribution in [1.29, 1.82) is 0 Å². The molecule has 45 heavy (non-hydrogen) atoms. The van der Waals surface area contributed by atoms with E-state index in [0.717, 1.165) is 32.1 Å². The van der Waals surface area contributed by atoms with E-state index in [1.807, 2.05) is 0 Å². The number of carbonyl (C=O) groups is 2. The summed E-state index contributed by atoms with van der Waals surface area (Å²) in [4.78, 5) is 53.0. The zero-order valence-corrected chi connectivity index (χ0v) is 28.5. The molecule has 0 aromatic carbocycles. The first-order valence-corrected chi connectivity index (χ1v) is 19.3. The summed E-state index contributed by atoms with van der Waals surface area (Å²) in [5.41, 5.74) is 5.18. The molecule has 18 nitrogen and oxygen atoms in total. The first kappa shape index (κ1) is 40.2. The number of nitrogens with one attached hydrogen (secondary N) is 2. The Morgan fingerprint density at radius 2 is 1.56 bits per heavy atom. The molecule has 1 saturated heterocycles. The molecule has 1 aliphatic carbocycles. The summed E-state index contributed by atoms with van der Waals surface area (Å²) >= 11 is 0. The lowest BCUT2D eigenvalue weighted by atomic mass is 9.84. The number of alkyl carbamates (subject to hydrolysis) is 1. The number of aliphatic hydroxyl groups is 1. The van der Waals surface area contributed by atoms with E-state index in [9.17, 15) is 43.1 Å². The summed E-state index contributed by atoms with van der Waals surface area (Å²) in [6.07, 6.45) is 3.92. The Morgan fingerprint density at radius 3 is 2.18 bits per heavy atom. The predicted molar refractivity (Wildman–Crippen MR) is 158 cm³/mol. The fourth-order valence-electron chi connectivity index (χ4n) is 4.80. The monoisotopic (exact) mass is 711 g/mol. The van der Waals surface area contributed by atoms with Gasteiger partial charge in [-0.2, -0.15) is 8.62 Å². The number of nitrogens with two attached hydrogens (primary N) is 1. The minimum absolute atomic E-state index is 0.247. The van der Waals surface area contributed by atoms with Gasteiger partial charge >= 0.3 is 29.6 Å². The van der Waals surface area contributed by atoms with Gasteiger partial charge < -0.3 is 45.6 Å². The summed E-state index contributed by atoms with van der Waals surface area (Å²) in [7, 11) is -16.3. The van der Waals surface area contributed by atoms with Crippen LogP contribution >= 0.6 is 23.5 Å². The van der Waals surface area contributed by atoms with Gasteiger partial charge in [0.2, 0.25) is 5.91 Å². The van der Waals surface area contributed by atoms with Crippen LogP contribution in [0.1, 0.15) is 78.6 Å². The van der Waals surface area contributed by atoms with Crippen molar-refractivity contribution >= 4 is 35.5 Å². The zero-order chi connectivity index (χ0) is 33.9. The number of rotatable bonds is 18. The highest BCUT2D eigenvalue weighted by molar-refractivity contribution is 7.66. The molecule has 21 heteroatoms. The van der Waals surface area contributed by atoms with Gasteiger partial charge in [-0.15, -0.1) is 0 Å². The van der Waals surface area contributed by atoms with Gasteiger partial charge in [0.05, 0.1) is 31.5 Å². The highest BCUT2D eigenvalue weighted by Gasteiger charge is 2.44. The van der Waals surface area contributed by atoms with E-state index < -0.39 is 72.5 Å². The molecule has 2 fully saturated rings. The van der Waals surface area contributed by atoms with Crippen LogP contribution in [0, 0.1) is 5.92 Å². The van der Waals surface area contributed by atoms with Gasteiger partial charge in [0, 0.05) is 19.5 Å². The van der Waals surface area contributed by atoms with Crippen molar-refractivity contribution in [2.24, 2.45) is 11.7 Å². The maximum atomic E-state index is 12.2. The zero-order valence-electron chi connectivity index (χ0n) is 25.8. The third-order valence-electron chi connectivity index (χ3n) is 6.85. The Hall–Kier alpha value is -0.970. The molecule has 0 bridgehead atoms. The van der Waals surface area contributed by atoms with E-state index in [1.54, 1.807) is 20.8 Å². The maximum absolute atomic E-state index is 12.2. The molecule has 0 radical (unpaired) electrons. The van der Waals surface area contributed by atoms with E-state index in [0.29, 0.717) is 25.8 Å². The largest absolute Gasteiger partial charge is 0.490 e. The van der Waals surface area contributed by atoms with Crippen LogP contribution in [-0.2, 0) is 45.6 Å². The number of ether oxygens (including phenoxy) is 2. The predicted octanol–water partition coefficient (Wildman–Crippen LogP) is 2.59. The molecule has 0 spiro atoms. The second kappa shape index (κ2) is 18.0. The number of hydrogen-bond acceptors (Lipinski definition) is 13. The Morgan fingerprint density at radius 1 is 0.933 bits per heavy atom. The fourth-order valence-corrected chi connectivity index (χ4v) is 8.31. The lowest BCUT2D eigenvalue weighted by molar-refractivity contribution is -0.122. The van der Waals surface area contributed by atoms with Crippen LogP contribution in [0.15, 0.2) is 0 Å². The van der Waals surface area contributed by atoms with Crippen molar-refractivity contribution in [3.63, 3.8) is 0 Å². The second-order valence-electron chi connectivity index (χ2n) is 11.9. The van der Waals surface area contributed by atoms with Crippen molar-refractivity contribution in [2.45, 2.75) is 109 Å². The summed E-state index contributed by atoms with van der Waals surface area (Å²) in [6, 6.07) is -0.928. The normalized spacial score (nSPS) is 25.8. The lowest BCUT2D eigenvalue weighted by Gasteiger charge is -2.27. The molecule has 5 unspecified atom stereocenters. The van der Waals surface area contributed by atoms with Crippen LogP contribution in [0.25, 0.3) is 0 Å². The number of phosphoric ester groups is 2. The van der Waals surface area contributed by atoms with Crippen LogP contribution < -0.4 is 16.4 Å². The molecule has 1 heterocycles. The van der Waals surface area contributed by atoms with Crippen molar-refractivity contribution in [2.75, 3.05) is 26.3 Å². The average molecular weight is 712 g/mol. The van der Waals surface area contributed by atoms with E-state index >= 15 is 0 Å². The van der Waals surface area contributed by atoms with Crippen LogP contribution in [0.5, 0.6) is 0 Å². The molecule has 2 rings (SSSR count). The lowest BCUT2D eigenvalue weighted by Crippen LogP contribution is -2.41. The van der Waals surface area contributed by atoms with E-state index in [1.165, 1.54) is 0 Å². The van der Waals surface area contributed by atoms with Gasteiger partial charge in [-0.3, -0.25) is 13.8 Å². The number of aliphatic hydroxyl groups excluding tert-OH is 1. The van der Waals surface area contributed by atoms with Crippen LogP contribution in [-0.4, -0.2) is 88.0 Å². The molecule has 2 aliphatic rings. The molecule has 7 atom stereocenters. The van der Waals surface area contributed by atoms with Gasteiger partial charge in [0.1, 0.15) is 11.7 Å². The highest BCUT2D eigenvalue weighted by atomic mass is 31.3. The van der Waals surface area contributed by atoms with E-state index in [4.69, 9.17) is 15.2 Å². The summed E-state index contributed by atoms with van der Waals surface area (Å²) in [6.45, 7) is 3.86. The molecule has 2 amide bonds. The van der Waals surface area contributed by atoms with Gasteiger partial charge in [0.25, 0.3) is 0 Å². The molecular weight excluding hydrogens is 663 g/mol. The van der Waals surface area contributed by atoms with Crippen LogP contribution in [0.3, 0.4) is 0 Å². The van der Waals surface area contributed by atoms with E-state index in [2.05, 4.69) is 28.3 Å². The molecule has 0 aromatic heterocycles. The van der Waals surface area contributed by atoms with Crippen molar-refractivity contribution in [3.05, 3.63) is 0 Å². The van der Waals surface area contributed by atoms with Crippen molar-refractivity contribution < 1.29 is 70.2 Å². The minimum Gasteiger partial charge on any atom is -0.444 e. The maximum Gasteiger partial charge on any atom is 0.490 e. The van der Waals surface area contributed by atoms with E-state index in [-0.39, 0.29) is 25.0 Å². The highest BCUT2D eigenvalue weighted by Crippen LogP contribution is 2.67. The number of phosphoric acid groups is 3. The minimum atomic E-state index is -5.69. The molecule has 8 N–H and O–H groups in total. The smallest absolute Gasteiger partial charge is 0.444 e. The first-order valence-electron chi connectivity index (χ1n) is 14.8. The van der Waals surface area contributed by atoms with Gasteiger partial charge in [0.15, 0.2) is 0 Å². The number of carbonyl (C=O) groups excluding carboxylic acids is 2. The molecule has 1 aliphatic heterocycles. The number of hydrogen-bond donors (Lipinski definition) is 7. The summed E-state index contributed by atoms with van der Waals surface area (Å²) < 4.78 is 64.6. The SMILES string of the molecule is CC(C)(C)OC(=O)NCCCCC(N)C(=O)NCCOP(=O)(O)OP(=O)(O)OP(=O)(O)OC[C@H]1O[C@@H](C2CCCCC2)CC1O. The third kappa shape index (κ3) is 16.6. The Kier molecular flexibility index (Phi) is 16.1. The fraction of sp³-hybridized carbons (Fsp3) is 0.917. The average Bonchev–Trinajstić information content (AvgIpc) is 3.28. The Labute approximate surface area is 262 Å². The van der Waals surface area contributed by atoms with Crippen molar-refractivity contribution in [1.82, 2.24) is 10.6 Å². The molecular formula is C24H48N3O15P3. The number of amides is 2. The Bertz CT molecular complexity index is 1100. The topological polar surface area (TPSA) is 272 Å². The quantitative estimate of drug-likeness (QED) is 0.0795. The Balaban J connectivity index is 1.65. The third-order valence-corrected chi connectivity index (χ3v) is 11.1. The second-order valence-corrected chi connectivity index (χ2v) is 16.6. The molecule has 1 saturated carbocycles. The summed E-state index contributed by atoms with van der Waals surface area (Å²) in [5, 5.41) is 15.2. The standard InChI is InChI=1S/C24H48N3O15P3/c1-24(2,3)40-23(30)27-12-8-7-11-18(25)22(29)26-13-14-37-43(31,32)41-45(35,36)42-44(33,34)38-16-21-19(28)15-20(39-21)17-9-5-4-6-10-17/h17-21,28H,4-16,25H2,1-3H3,(H,26,29)(H,27,30)(H,31,32)(H,33,34)(H,35,36)/t18?,19?,20-,21-/m1/s1. The van der Waals surface area contributed by atoms with Crippen LogP contribution in [0.2, 0.25) is 0 Å².